The smallest absolute Gasteiger partial charge is 0.156 e. The van der Waals surface area contributed by atoms with Crippen LogP contribution in [0.3, 0.4) is 0 Å². The van der Waals surface area contributed by atoms with E-state index in [1.807, 2.05) is 0 Å². The Morgan fingerprint density at radius 3 is 1.39 bits per heavy atom. The second kappa shape index (κ2) is 5.87. The van der Waals surface area contributed by atoms with Crippen LogP contribution >= 0.6 is 11.1 Å². The van der Waals surface area contributed by atoms with Crippen LogP contribution in [-0.4, -0.2) is 7.38 Å². The van der Waals surface area contributed by atoms with E-state index in [0.717, 1.165) is 11.8 Å². The standard InChI is InChI=1S/C16H31ClSi/c1-16(18(2,3)17,14-10-6-4-7-11-14)15-12-8-5-9-13-15/h14-15H,4-13H2,1-3H3. The molecule has 2 aliphatic rings. The third kappa shape index (κ3) is 2.82. The van der Waals surface area contributed by atoms with E-state index in [-0.39, 0.29) is 0 Å². The minimum absolute atomic E-state index is 0.482. The molecule has 0 amide bonds. The van der Waals surface area contributed by atoms with E-state index >= 15 is 0 Å². The van der Waals surface area contributed by atoms with Gasteiger partial charge in [0.2, 0.25) is 0 Å². The first-order valence-corrected chi connectivity index (χ1v) is 12.2. The van der Waals surface area contributed by atoms with Crippen LogP contribution in [0.15, 0.2) is 0 Å². The first kappa shape index (κ1) is 14.9. The average molecular weight is 287 g/mol. The maximum atomic E-state index is 7.05. The van der Waals surface area contributed by atoms with Crippen LogP contribution < -0.4 is 0 Å². The molecule has 0 aliphatic heterocycles. The van der Waals surface area contributed by atoms with Gasteiger partial charge in [-0.2, -0.15) is 11.1 Å². The Morgan fingerprint density at radius 1 is 0.778 bits per heavy atom. The molecule has 0 saturated heterocycles. The molecule has 0 nitrogen and oxygen atoms in total. The Kier molecular flexibility index (Phi) is 4.86. The predicted molar refractivity (Wildman–Crippen MR) is 84.9 cm³/mol. The Morgan fingerprint density at radius 2 is 1.11 bits per heavy atom. The third-order valence-electron chi connectivity index (χ3n) is 6.19. The summed E-state index contributed by atoms with van der Waals surface area (Å²) in [4.78, 5) is 0. The normalized spacial score (nSPS) is 25.3. The fraction of sp³-hybridized carbons (Fsp3) is 1.00. The van der Waals surface area contributed by atoms with Crippen LogP contribution in [-0.2, 0) is 0 Å². The average Bonchev–Trinajstić information content (AvgIpc) is 2.38. The highest BCUT2D eigenvalue weighted by atomic mass is 35.6. The van der Waals surface area contributed by atoms with Crippen molar-refractivity contribution in [3.8, 4) is 0 Å². The van der Waals surface area contributed by atoms with E-state index in [2.05, 4.69) is 20.0 Å². The van der Waals surface area contributed by atoms with Crippen LogP contribution in [0.5, 0.6) is 0 Å². The molecule has 2 saturated carbocycles. The highest BCUT2D eigenvalue weighted by molar-refractivity contribution is 7.20. The van der Waals surface area contributed by atoms with Gasteiger partial charge < -0.3 is 0 Å². The summed E-state index contributed by atoms with van der Waals surface area (Å²) in [6.07, 6.45) is 14.5. The third-order valence-corrected chi connectivity index (χ3v) is 10.8. The zero-order valence-electron chi connectivity index (χ0n) is 12.6. The summed E-state index contributed by atoms with van der Waals surface area (Å²) in [7, 11) is -1.61. The second-order valence-corrected chi connectivity index (χ2v) is 14.3. The Bertz CT molecular complexity index is 239. The molecule has 0 unspecified atom stereocenters. The van der Waals surface area contributed by atoms with Gasteiger partial charge in [0.15, 0.2) is 7.38 Å². The molecule has 0 aromatic carbocycles. The van der Waals surface area contributed by atoms with Crippen molar-refractivity contribution in [2.45, 2.75) is 89.3 Å². The minimum Gasteiger partial charge on any atom is -0.167 e. The molecule has 2 heteroatoms. The Balaban J connectivity index is 2.21. The summed E-state index contributed by atoms with van der Waals surface area (Å²) in [5, 5.41) is 0.482. The predicted octanol–water partition coefficient (Wildman–Crippen LogP) is 6.35. The number of rotatable bonds is 3. The number of hydrogen-bond acceptors (Lipinski definition) is 0. The molecule has 2 rings (SSSR count). The molecular formula is C16H31ClSi. The topological polar surface area (TPSA) is 0 Å². The summed E-state index contributed by atoms with van der Waals surface area (Å²) in [6.45, 7) is 7.41. The van der Waals surface area contributed by atoms with E-state index in [0.29, 0.717) is 5.04 Å². The molecule has 0 aromatic heterocycles. The van der Waals surface area contributed by atoms with Crippen molar-refractivity contribution in [2.75, 3.05) is 0 Å². The highest BCUT2D eigenvalue weighted by Crippen LogP contribution is 2.60. The van der Waals surface area contributed by atoms with Crippen molar-refractivity contribution in [3.63, 3.8) is 0 Å². The van der Waals surface area contributed by atoms with Gasteiger partial charge in [0.25, 0.3) is 0 Å². The maximum Gasteiger partial charge on any atom is 0.156 e. The van der Waals surface area contributed by atoms with E-state index < -0.39 is 7.38 Å². The summed E-state index contributed by atoms with van der Waals surface area (Å²) < 4.78 is 0. The molecule has 106 valence electrons. The van der Waals surface area contributed by atoms with E-state index in [1.54, 1.807) is 0 Å². The fourth-order valence-corrected chi connectivity index (χ4v) is 8.15. The van der Waals surface area contributed by atoms with E-state index in [9.17, 15) is 0 Å². The van der Waals surface area contributed by atoms with Crippen molar-refractivity contribution in [2.24, 2.45) is 11.8 Å². The van der Waals surface area contributed by atoms with Crippen LogP contribution in [0.2, 0.25) is 18.1 Å². The number of halogens is 1. The van der Waals surface area contributed by atoms with Gasteiger partial charge in [-0.1, -0.05) is 84.2 Å². The van der Waals surface area contributed by atoms with Gasteiger partial charge in [0.05, 0.1) is 0 Å². The van der Waals surface area contributed by atoms with Gasteiger partial charge in [-0.15, -0.1) is 0 Å². The molecule has 0 radical (unpaired) electrons. The SMILES string of the molecule is CC(C1CCCCC1)(C1CCCCC1)[Si](C)(C)Cl. The van der Waals surface area contributed by atoms with Gasteiger partial charge in [0, 0.05) is 0 Å². The highest BCUT2D eigenvalue weighted by Gasteiger charge is 2.52. The van der Waals surface area contributed by atoms with Gasteiger partial charge in [-0.3, -0.25) is 0 Å². The van der Waals surface area contributed by atoms with Crippen LogP contribution in [0.4, 0.5) is 0 Å². The molecule has 0 bridgehead atoms. The van der Waals surface area contributed by atoms with Gasteiger partial charge in [0.1, 0.15) is 0 Å². The van der Waals surface area contributed by atoms with E-state index in [1.165, 1.54) is 64.2 Å². The first-order chi connectivity index (χ1) is 8.46. The lowest BCUT2D eigenvalue weighted by Gasteiger charge is -2.52. The van der Waals surface area contributed by atoms with Crippen molar-refractivity contribution < 1.29 is 0 Å². The first-order valence-electron chi connectivity index (χ1n) is 8.15. The molecule has 2 aliphatic carbocycles. The van der Waals surface area contributed by atoms with E-state index in [4.69, 9.17) is 11.1 Å². The summed E-state index contributed by atoms with van der Waals surface area (Å²) in [5.74, 6) is 1.85. The van der Waals surface area contributed by atoms with Crippen LogP contribution in [0.1, 0.15) is 71.1 Å². The van der Waals surface area contributed by atoms with Crippen molar-refractivity contribution in [3.05, 3.63) is 0 Å². The van der Waals surface area contributed by atoms with Gasteiger partial charge in [-0.05, 0) is 16.9 Å². The summed E-state index contributed by atoms with van der Waals surface area (Å²) in [6, 6.07) is 0. The van der Waals surface area contributed by atoms with Gasteiger partial charge >= 0.3 is 0 Å². The molecule has 0 spiro atoms. The quantitative estimate of drug-likeness (QED) is 0.419. The zero-order chi connectivity index (χ0) is 13.2. The second-order valence-electron chi connectivity index (χ2n) is 7.43. The lowest BCUT2D eigenvalue weighted by Crippen LogP contribution is -2.47. The largest absolute Gasteiger partial charge is 0.167 e. The Hall–Kier alpha value is 0.507. The fourth-order valence-electron chi connectivity index (χ4n) is 4.71. The summed E-state index contributed by atoms with van der Waals surface area (Å²) in [5.41, 5.74) is 0. The zero-order valence-corrected chi connectivity index (χ0v) is 14.4. The molecule has 0 heterocycles. The molecule has 18 heavy (non-hydrogen) atoms. The minimum atomic E-state index is -1.61. The number of hydrogen-bond donors (Lipinski definition) is 0. The van der Waals surface area contributed by atoms with Crippen LogP contribution in [0, 0.1) is 11.8 Å². The lowest BCUT2D eigenvalue weighted by atomic mass is 9.69. The van der Waals surface area contributed by atoms with Crippen LogP contribution in [0.25, 0.3) is 0 Å². The Labute approximate surface area is 120 Å². The van der Waals surface area contributed by atoms with Crippen molar-refractivity contribution in [1.29, 1.82) is 0 Å². The molecule has 0 atom stereocenters. The van der Waals surface area contributed by atoms with Crippen molar-refractivity contribution in [1.82, 2.24) is 0 Å². The monoisotopic (exact) mass is 286 g/mol. The molecule has 0 aromatic rings. The molecule has 0 N–H and O–H groups in total. The maximum absolute atomic E-state index is 7.05. The van der Waals surface area contributed by atoms with Gasteiger partial charge in [-0.25, -0.2) is 0 Å². The molecule has 2 fully saturated rings. The lowest BCUT2D eigenvalue weighted by molar-refractivity contribution is 0.168. The molecular weight excluding hydrogens is 256 g/mol. The summed E-state index contributed by atoms with van der Waals surface area (Å²) >= 11 is 7.05. The van der Waals surface area contributed by atoms with Crippen molar-refractivity contribution >= 4 is 18.5 Å².